The van der Waals surface area contributed by atoms with Gasteiger partial charge in [0.15, 0.2) is 5.69 Å². The molecule has 0 amide bonds. The Bertz CT molecular complexity index is 530. The van der Waals surface area contributed by atoms with Gasteiger partial charge in [-0.3, -0.25) is 0 Å². The van der Waals surface area contributed by atoms with Crippen molar-refractivity contribution in [3.63, 3.8) is 0 Å². The Morgan fingerprint density at radius 1 is 1.35 bits per heavy atom. The normalized spacial score (nSPS) is 25.3. The fraction of sp³-hybridized carbons (Fsp3) is 0.667. The Kier molecular flexibility index (Phi) is 3.70. The van der Waals surface area contributed by atoms with Gasteiger partial charge in [-0.05, 0) is 25.2 Å². The minimum Gasteiger partial charge on any atom is -0.464 e. The van der Waals surface area contributed by atoms with Gasteiger partial charge in [-0.2, -0.15) is 0 Å². The van der Waals surface area contributed by atoms with E-state index in [0.717, 1.165) is 48.8 Å². The zero-order valence-electron chi connectivity index (χ0n) is 12.1. The Labute approximate surface area is 119 Å². The summed E-state index contributed by atoms with van der Waals surface area (Å²) in [6.45, 7) is 3.83. The number of fused-ring (bicyclic) bond motifs is 1. The van der Waals surface area contributed by atoms with E-state index in [4.69, 9.17) is 9.72 Å². The number of nitrogens with zero attached hydrogens (tertiary/aromatic N) is 2. The highest BCUT2D eigenvalue weighted by Crippen LogP contribution is 2.37. The van der Waals surface area contributed by atoms with Gasteiger partial charge < -0.3 is 10.1 Å². The summed E-state index contributed by atoms with van der Waals surface area (Å²) < 4.78 is 4.88. The van der Waals surface area contributed by atoms with Gasteiger partial charge in [0.1, 0.15) is 5.82 Å². The van der Waals surface area contributed by atoms with Crippen molar-refractivity contribution in [1.29, 1.82) is 0 Å². The molecule has 2 heterocycles. The van der Waals surface area contributed by atoms with E-state index >= 15 is 0 Å². The van der Waals surface area contributed by atoms with Crippen LogP contribution in [0, 0.1) is 5.92 Å². The van der Waals surface area contributed by atoms with Crippen molar-refractivity contribution >= 4 is 5.97 Å². The number of hydrogen-bond acceptors (Lipinski definition) is 5. The maximum atomic E-state index is 12.0. The number of ether oxygens (including phenoxy) is 1. The molecule has 108 valence electrons. The highest BCUT2D eigenvalue weighted by Gasteiger charge is 2.29. The molecule has 0 saturated heterocycles. The summed E-state index contributed by atoms with van der Waals surface area (Å²) in [4.78, 5) is 21.3. The van der Waals surface area contributed by atoms with Crippen molar-refractivity contribution < 1.29 is 9.53 Å². The van der Waals surface area contributed by atoms with Gasteiger partial charge in [0.25, 0.3) is 0 Å². The smallest absolute Gasteiger partial charge is 0.357 e. The minimum absolute atomic E-state index is 0.348. The number of carbonyl (C=O) groups is 1. The molecular weight excluding hydrogens is 254 g/mol. The van der Waals surface area contributed by atoms with Gasteiger partial charge in [0.2, 0.25) is 0 Å². The molecule has 1 aromatic heterocycles. The topological polar surface area (TPSA) is 64.1 Å². The predicted octanol–water partition coefficient (Wildman–Crippen LogP) is 1.81. The highest BCUT2D eigenvalue weighted by molar-refractivity contribution is 5.89. The number of nitrogens with one attached hydrogen (secondary N) is 1. The third kappa shape index (κ3) is 2.42. The van der Waals surface area contributed by atoms with E-state index in [2.05, 4.69) is 17.2 Å². The number of carbonyl (C=O) groups excluding carboxylic acids is 1. The first-order valence-electron chi connectivity index (χ1n) is 7.37. The van der Waals surface area contributed by atoms with E-state index in [1.165, 1.54) is 13.5 Å². The molecule has 2 atom stereocenters. The molecule has 5 nitrogen and oxygen atoms in total. The van der Waals surface area contributed by atoms with Crippen LogP contribution in [0.4, 0.5) is 0 Å². The van der Waals surface area contributed by atoms with Crippen LogP contribution in [0.25, 0.3) is 0 Å². The highest BCUT2D eigenvalue weighted by atomic mass is 16.5. The van der Waals surface area contributed by atoms with Crippen molar-refractivity contribution in [2.75, 3.05) is 13.7 Å². The van der Waals surface area contributed by atoms with Crippen molar-refractivity contribution in [1.82, 2.24) is 15.3 Å². The van der Waals surface area contributed by atoms with Crippen LogP contribution >= 0.6 is 0 Å². The van der Waals surface area contributed by atoms with Crippen LogP contribution in [-0.2, 0) is 17.7 Å². The molecule has 1 aromatic rings. The lowest BCUT2D eigenvalue weighted by molar-refractivity contribution is 0.0591. The maximum Gasteiger partial charge on any atom is 0.357 e. The molecular formula is C15H21N3O2. The third-order valence-corrected chi connectivity index (χ3v) is 4.39. The number of methoxy groups -OCH3 is 1. The van der Waals surface area contributed by atoms with Crippen molar-refractivity contribution in [2.45, 2.75) is 45.1 Å². The zero-order chi connectivity index (χ0) is 14.1. The van der Waals surface area contributed by atoms with E-state index in [9.17, 15) is 4.79 Å². The molecule has 20 heavy (non-hydrogen) atoms. The third-order valence-electron chi connectivity index (χ3n) is 4.39. The summed E-state index contributed by atoms with van der Waals surface area (Å²) in [6.07, 6.45) is 4.33. The Balaban J connectivity index is 2.01. The second kappa shape index (κ2) is 5.48. The average Bonchev–Trinajstić information content (AvgIpc) is 2.92. The fourth-order valence-corrected chi connectivity index (χ4v) is 3.25. The maximum absolute atomic E-state index is 12.0. The molecule has 2 aliphatic rings. The van der Waals surface area contributed by atoms with E-state index < -0.39 is 0 Å². The van der Waals surface area contributed by atoms with Gasteiger partial charge in [0.05, 0.1) is 12.8 Å². The summed E-state index contributed by atoms with van der Waals surface area (Å²) >= 11 is 0. The summed E-state index contributed by atoms with van der Waals surface area (Å²) in [6, 6.07) is 0. The standard InChI is InChI=1S/C15H21N3O2/c1-9-3-4-10(7-9)14-17-12-5-6-16-8-11(12)13(18-14)15(19)20-2/h9-10,16H,3-8H2,1-2H3. The zero-order valence-corrected chi connectivity index (χ0v) is 12.1. The lowest BCUT2D eigenvalue weighted by Gasteiger charge is -2.20. The first-order valence-corrected chi connectivity index (χ1v) is 7.37. The molecule has 1 saturated carbocycles. The lowest BCUT2D eigenvalue weighted by atomic mass is 10.0. The summed E-state index contributed by atoms with van der Waals surface area (Å²) in [5, 5.41) is 3.27. The monoisotopic (exact) mass is 275 g/mol. The number of hydrogen-bond donors (Lipinski definition) is 1. The predicted molar refractivity (Wildman–Crippen MR) is 74.5 cm³/mol. The molecule has 3 rings (SSSR count). The molecule has 1 aliphatic heterocycles. The van der Waals surface area contributed by atoms with Crippen LogP contribution in [-0.4, -0.2) is 29.6 Å². The van der Waals surface area contributed by atoms with E-state index in [1.54, 1.807) is 0 Å². The Hall–Kier alpha value is -1.49. The molecule has 5 heteroatoms. The summed E-state index contributed by atoms with van der Waals surface area (Å²) in [7, 11) is 1.41. The Morgan fingerprint density at radius 2 is 2.20 bits per heavy atom. The molecule has 0 spiro atoms. The summed E-state index contributed by atoms with van der Waals surface area (Å²) in [5.74, 6) is 1.62. The van der Waals surface area contributed by atoms with Crippen LogP contribution in [0.1, 0.15) is 59.7 Å². The van der Waals surface area contributed by atoms with Gasteiger partial charge in [-0.15, -0.1) is 0 Å². The SMILES string of the molecule is COC(=O)c1nc(C2CCC(C)C2)nc2c1CNCC2. The molecule has 0 aromatic carbocycles. The first-order chi connectivity index (χ1) is 9.69. The van der Waals surface area contributed by atoms with Gasteiger partial charge >= 0.3 is 5.97 Å². The molecule has 0 radical (unpaired) electrons. The van der Waals surface area contributed by atoms with Crippen LogP contribution < -0.4 is 5.32 Å². The summed E-state index contributed by atoms with van der Waals surface area (Å²) in [5.41, 5.74) is 2.39. The number of esters is 1. The molecule has 2 unspecified atom stereocenters. The van der Waals surface area contributed by atoms with E-state index in [-0.39, 0.29) is 5.97 Å². The largest absolute Gasteiger partial charge is 0.464 e. The fourth-order valence-electron chi connectivity index (χ4n) is 3.25. The minimum atomic E-state index is -0.348. The van der Waals surface area contributed by atoms with Crippen molar-refractivity contribution in [2.24, 2.45) is 5.92 Å². The van der Waals surface area contributed by atoms with Crippen LogP contribution in [0.5, 0.6) is 0 Å². The van der Waals surface area contributed by atoms with Gasteiger partial charge in [0, 0.05) is 31.0 Å². The number of aromatic nitrogens is 2. The van der Waals surface area contributed by atoms with Crippen LogP contribution in [0.3, 0.4) is 0 Å². The van der Waals surface area contributed by atoms with Crippen molar-refractivity contribution in [3.8, 4) is 0 Å². The molecule has 1 fully saturated rings. The molecule has 1 aliphatic carbocycles. The van der Waals surface area contributed by atoms with E-state index in [0.29, 0.717) is 18.2 Å². The van der Waals surface area contributed by atoms with Crippen LogP contribution in [0.15, 0.2) is 0 Å². The van der Waals surface area contributed by atoms with Gasteiger partial charge in [-0.1, -0.05) is 6.92 Å². The lowest BCUT2D eigenvalue weighted by Crippen LogP contribution is -2.29. The Morgan fingerprint density at radius 3 is 2.90 bits per heavy atom. The second-order valence-electron chi connectivity index (χ2n) is 5.89. The first kappa shape index (κ1) is 13.5. The number of rotatable bonds is 2. The van der Waals surface area contributed by atoms with E-state index in [1.807, 2.05) is 0 Å². The van der Waals surface area contributed by atoms with Crippen molar-refractivity contribution in [3.05, 3.63) is 22.8 Å². The molecule has 1 N–H and O–H groups in total. The quantitative estimate of drug-likeness (QED) is 0.834. The van der Waals surface area contributed by atoms with Gasteiger partial charge in [-0.25, -0.2) is 14.8 Å². The van der Waals surface area contributed by atoms with Crippen LogP contribution in [0.2, 0.25) is 0 Å². The average molecular weight is 275 g/mol. The molecule has 0 bridgehead atoms. The second-order valence-corrected chi connectivity index (χ2v) is 5.89.